The average molecular weight is 425 g/mol. The van der Waals surface area contributed by atoms with Crippen LogP contribution in [0.25, 0.3) is 0 Å². The monoisotopic (exact) mass is 424 g/mol. The van der Waals surface area contributed by atoms with Gasteiger partial charge in [-0.3, -0.25) is 14.9 Å². The Kier molecular flexibility index (Phi) is 6.25. The maximum Gasteiger partial charge on any atom is 0.410 e. The Morgan fingerprint density at radius 2 is 1.87 bits per heavy atom. The van der Waals surface area contributed by atoms with Gasteiger partial charge in [-0.25, -0.2) is 4.79 Å². The fraction of sp³-hybridized carbons (Fsp3) is 0.905. The average Bonchev–Trinajstić information content (AvgIpc) is 3.12. The summed E-state index contributed by atoms with van der Waals surface area (Å²) in [6, 6.07) is 0.213. The molecule has 2 amide bonds. The van der Waals surface area contributed by atoms with Crippen molar-refractivity contribution in [2.75, 3.05) is 32.8 Å². The van der Waals surface area contributed by atoms with E-state index < -0.39 is 5.60 Å². The van der Waals surface area contributed by atoms with Gasteiger partial charge in [0.05, 0.1) is 25.4 Å². The molecule has 0 bridgehead atoms. The van der Waals surface area contributed by atoms with Crippen LogP contribution >= 0.6 is 0 Å². The highest BCUT2D eigenvalue weighted by Gasteiger charge is 2.44. The number of likely N-dealkylation sites (tertiary alicyclic amines) is 2. The van der Waals surface area contributed by atoms with Crippen molar-refractivity contribution in [2.45, 2.75) is 71.0 Å². The molecule has 0 aromatic heterocycles. The van der Waals surface area contributed by atoms with Crippen molar-refractivity contribution < 1.29 is 23.9 Å². The molecule has 0 radical (unpaired) electrons. The van der Waals surface area contributed by atoms with Crippen LogP contribution < -0.4 is 10.8 Å². The fourth-order valence-corrected chi connectivity index (χ4v) is 4.80. The summed E-state index contributed by atoms with van der Waals surface area (Å²) in [5.41, 5.74) is 2.71. The third-order valence-electron chi connectivity index (χ3n) is 6.61. The quantitative estimate of drug-likeness (QED) is 0.705. The summed E-state index contributed by atoms with van der Waals surface area (Å²) in [4.78, 5) is 34.5. The molecule has 9 nitrogen and oxygen atoms in total. The van der Waals surface area contributed by atoms with Gasteiger partial charge in [-0.05, 0) is 46.0 Å². The lowest BCUT2D eigenvalue weighted by Crippen LogP contribution is -2.59. The van der Waals surface area contributed by atoms with Crippen LogP contribution in [0.4, 0.5) is 4.79 Å². The van der Waals surface area contributed by atoms with Crippen molar-refractivity contribution in [1.29, 1.82) is 0 Å². The normalized spacial score (nSPS) is 34.2. The van der Waals surface area contributed by atoms with Crippen molar-refractivity contribution in [1.82, 2.24) is 20.6 Å². The molecule has 9 heteroatoms. The summed E-state index contributed by atoms with van der Waals surface area (Å²) in [6.45, 7) is 11.0. The molecular weight excluding hydrogens is 388 g/mol. The van der Waals surface area contributed by atoms with E-state index in [1.54, 1.807) is 4.90 Å². The number of carbonyl (C=O) groups is 2. The van der Waals surface area contributed by atoms with Crippen LogP contribution in [0.2, 0.25) is 0 Å². The first-order valence-corrected chi connectivity index (χ1v) is 11.2. The highest BCUT2D eigenvalue weighted by atomic mass is 16.7. The van der Waals surface area contributed by atoms with Gasteiger partial charge in [0.25, 0.3) is 0 Å². The van der Waals surface area contributed by atoms with Gasteiger partial charge < -0.3 is 19.3 Å². The van der Waals surface area contributed by atoms with Gasteiger partial charge in [0.15, 0.2) is 0 Å². The number of carbonyl (C=O) groups excluding carboxylic acids is 2. The summed E-state index contributed by atoms with van der Waals surface area (Å²) < 4.78 is 10.8. The zero-order valence-corrected chi connectivity index (χ0v) is 18.6. The number of hydrogen-bond acceptors (Lipinski definition) is 7. The minimum absolute atomic E-state index is 0.00543. The molecule has 170 valence electrons. The molecule has 4 fully saturated rings. The van der Waals surface area contributed by atoms with E-state index in [0.29, 0.717) is 38.8 Å². The lowest BCUT2D eigenvalue weighted by atomic mass is 9.87. The van der Waals surface area contributed by atoms with E-state index >= 15 is 0 Å². The number of nitrogens with one attached hydrogen (secondary N) is 2. The molecule has 2 N–H and O–H groups in total. The maximum absolute atomic E-state index is 12.6. The lowest BCUT2D eigenvalue weighted by molar-refractivity contribution is -0.159. The fourth-order valence-electron chi connectivity index (χ4n) is 4.80. The maximum atomic E-state index is 12.6. The predicted molar refractivity (Wildman–Crippen MR) is 109 cm³/mol. The molecule has 30 heavy (non-hydrogen) atoms. The molecule has 4 heterocycles. The molecule has 0 aromatic rings. The van der Waals surface area contributed by atoms with Gasteiger partial charge in [0.1, 0.15) is 11.8 Å². The van der Waals surface area contributed by atoms with Crippen LogP contribution in [0.15, 0.2) is 0 Å². The van der Waals surface area contributed by atoms with Gasteiger partial charge >= 0.3 is 6.09 Å². The number of piperidine rings is 2. The first-order valence-electron chi connectivity index (χ1n) is 11.2. The van der Waals surface area contributed by atoms with E-state index in [1.807, 2.05) is 32.6 Å². The SMILES string of the molecule is CC1CC(C2NC(C3CCN(C(=O)OC(C)(C)C)CC3)NO2)CN(C2COC2)C1=O. The molecule has 0 aromatic carbocycles. The zero-order valence-electron chi connectivity index (χ0n) is 18.6. The Morgan fingerprint density at radius 1 is 1.17 bits per heavy atom. The van der Waals surface area contributed by atoms with Crippen LogP contribution in [-0.4, -0.2) is 78.7 Å². The first kappa shape index (κ1) is 21.8. The van der Waals surface area contributed by atoms with Crippen LogP contribution in [-0.2, 0) is 19.1 Å². The van der Waals surface area contributed by atoms with Crippen molar-refractivity contribution in [3.63, 3.8) is 0 Å². The molecule has 0 saturated carbocycles. The van der Waals surface area contributed by atoms with Gasteiger partial charge in [-0.15, -0.1) is 0 Å². The van der Waals surface area contributed by atoms with Crippen molar-refractivity contribution >= 4 is 12.0 Å². The zero-order chi connectivity index (χ0) is 21.5. The second kappa shape index (κ2) is 8.61. The molecule has 0 aliphatic carbocycles. The predicted octanol–water partition coefficient (Wildman–Crippen LogP) is 1.29. The molecule has 4 saturated heterocycles. The summed E-state index contributed by atoms with van der Waals surface area (Å²) in [5, 5.41) is 3.61. The minimum Gasteiger partial charge on any atom is -0.444 e. The van der Waals surface area contributed by atoms with Crippen molar-refractivity contribution in [3.05, 3.63) is 0 Å². The Labute approximate surface area is 178 Å². The minimum atomic E-state index is -0.471. The van der Waals surface area contributed by atoms with E-state index in [1.165, 1.54) is 0 Å². The molecule has 4 unspecified atom stereocenters. The Bertz CT molecular complexity index is 642. The number of hydrogen-bond donors (Lipinski definition) is 2. The Balaban J connectivity index is 1.27. The van der Waals surface area contributed by atoms with E-state index in [9.17, 15) is 9.59 Å². The molecule has 4 atom stereocenters. The largest absolute Gasteiger partial charge is 0.444 e. The number of nitrogens with zero attached hydrogens (tertiary/aromatic N) is 2. The van der Waals surface area contributed by atoms with Crippen LogP contribution in [0.5, 0.6) is 0 Å². The molecular formula is C21H36N4O5. The second-order valence-corrected chi connectivity index (χ2v) is 10.2. The topological polar surface area (TPSA) is 92.4 Å². The summed E-state index contributed by atoms with van der Waals surface area (Å²) in [5.74, 6) is 0.868. The standard InChI is InChI=1S/C21H36N4O5/c1-13-9-15(10-25(19(13)26)16-11-28-12-16)18-22-17(23-30-18)14-5-7-24(8-6-14)20(27)29-21(2,3)4/h13-18,22-23H,5-12H2,1-4H3. The number of ether oxygens (including phenoxy) is 2. The van der Waals surface area contributed by atoms with Gasteiger partial charge in [0.2, 0.25) is 5.91 Å². The highest BCUT2D eigenvalue weighted by Crippen LogP contribution is 2.31. The lowest BCUT2D eigenvalue weighted by Gasteiger charge is -2.44. The Morgan fingerprint density at radius 3 is 2.47 bits per heavy atom. The third-order valence-corrected chi connectivity index (χ3v) is 6.61. The van der Waals surface area contributed by atoms with Crippen molar-refractivity contribution in [2.24, 2.45) is 17.8 Å². The summed E-state index contributed by atoms with van der Waals surface area (Å²) in [7, 11) is 0. The first-order chi connectivity index (χ1) is 14.2. The van der Waals surface area contributed by atoms with Crippen LogP contribution in [0, 0.1) is 17.8 Å². The molecule has 4 rings (SSSR count). The van der Waals surface area contributed by atoms with Gasteiger partial charge in [-0.2, -0.15) is 5.48 Å². The van der Waals surface area contributed by atoms with Crippen LogP contribution in [0.1, 0.15) is 47.0 Å². The number of amides is 2. The molecule has 4 aliphatic rings. The van der Waals surface area contributed by atoms with Gasteiger partial charge in [-0.1, -0.05) is 6.92 Å². The smallest absolute Gasteiger partial charge is 0.410 e. The van der Waals surface area contributed by atoms with E-state index in [-0.39, 0.29) is 42.3 Å². The van der Waals surface area contributed by atoms with E-state index in [4.69, 9.17) is 14.3 Å². The number of rotatable bonds is 3. The third kappa shape index (κ3) is 4.74. The number of hydroxylamine groups is 1. The van der Waals surface area contributed by atoms with E-state index in [2.05, 4.69) is 10.8 Å². The van der Waals surface area contributed by atoms with Gasteiger partial charge in [0, 0.05) is 31.5 Å². The molecule has 0 spiro atoms. The second-order valence-electron chi connectivity index (χ2n) is 10.2. The summed E-state index contributed by atoms with van der Waals surface area (Å²) in [6.07, 6.45) is 2.33. The Hall–Kier alpha value is -1.42. The van der Waals surface area contributed by atoms with Crippen molar-refractivity contribution in [3.8, 4) is 0 Å². The molecule has 4 aliphatic heterocycles. The highest BCUT2D eigenvalue weighted by molar-refractivity contribution is 5.79. The summed E-state index contributed by atoms with van der Waals surface area (Å²) >= 11 is 0. The van der Waals surface area contributed by atoms with E-state index in [0.717, 1.165) is 19.3 Å². The van der Waals surface area contributed by atoms with Crippen LogP contribution in [0.3, 0.4) is 0 Å².